The van der Waals surface area contributed by atoms with E-state index in [4.69, 9.17) is 9.47 Å². The van der Waals surface area contributed by atoms with Gasteiger partial charge in [0, 0.05) is 36.6 Å². The first-order chi connectivity index (χ1) is 12.6. The molecule has 1 amide bonds. The SMILES string of the molecule is CCOc1ccc(C(=O)N(CC2CCCO2)C2CCSC2)cc1[N+](=O)[O-]. The maximum atomic E-state index is 13.2. The fourth-order valence-electron chi connectivity index (χ4n) is 3.41. The molecule has 2 saturated heterocycles. The Balaban J connectivity index is 1.85. The molecule has 0 aromatic heterocycles. The lowest BCUT2D eigenvalue weighted by molar-refractivity contribution is -0.385. The number of carbonyl (C=O) groups excluding carboxylic acids is 1. The molecule has 0 radical (unpaired) electrons. The summed E-state index contributed by atoms with van der Waals surface area (Å²) in [7, 11) is 0. The molecule has 0 saturated carbocycles. The van der Waals surface area contributed by atoms with Gasteiger partial charge >= 0.3 is 5.69 Å². The second-order valence-corrected chi connectivity index (χ2v) is 7.63. The smallest absolute Gasteiger partial charge is 0.311 e. The first kappa shape index (κ1) is 19.0. The first-order valence-electron chi connectivity index (χ1n) is 9.01. The third-order valence-electron chi connectivity index (χ3n) is 4.73. The van der Waals surface area contributed by atoms with Gasteiger partial charge in [0.1, 0.15) is 0 Å². The van der Waals surface area contributed by atoms with Crippen LogP contribution in [0, 0.1) is 10.1 Å². The molecular weight excluding hydrogens is 356 g/mol. The van der Waals surface area contributed by atoms with Crippen molar-refractivity contribution in [1.29, 1.82) is 0 Å². The van der Waals surface area contributed by atoms with Crippen molar-refractivity contribution in [3.05, 3.63) is 33.9 Å². The normalized spacial score (nSPS) is 22.3. The van der Waals surface area contributed by atoms with Crippen molar-refractivity contribution < 1.29 is 19.2 Å². The number of hydrogen-bond donors (Lipinski definition) is 0. The summed E-state index contributed by atoms with van der Waals surface area (Å²) in [5, 5.41) is 11.4. The molecule has 2 atom stereocenters. The van der Waals surface area contributed by atoms with Gasteiger partial charge in [-0.3, -0.25) is 14.9 Å². The second kappa shape index (κ2) is 8.73. The number of carbonyl (C=O) groups is 1. The Morgan fingerprint density at radius 1 is 1.46 bits per heavy atom. The highest BCUT2D eigenvalue weighted by Crippen LogP contribution is 2.30. The van der Waals surface area contributed by atoms with Crippen LogP contribution >= 0.6 is 11.8 Å². The molecule has 2 fully saturated rings. The van der Waals surface area contributed by atoms with Crippen LogP contribution in [-0.4, -0.2) is 59.1 Å². The zero-order valence-electron chi connectivity index (χ0n) is 14.9. The standard InChI is InChI=1S/C18H24N2O5S/c1-2-24-17-6-5-13(10-16(17)20(22)23)18(21)19(14-7-9-26-12-14)11-15-4-3-8-25-15/h5-6,10,14-15H,2-4,7-9,11-12H2,1H3. The molecule has 7 nitrogen and oxygen atoms in total. The second-order valence-electron chi connectivity index (χ2n) is 6.48. The minimum absolute atomic E-state index is 0.0576. The van der Waals surface area contributed by atoms with Gasteiger partial charge in [-0.1, -0.05) is 0 Å². The van der Waals surface area contributed by atoms with Gasteiger partial charge in [-0.2, -0.15) is 11.8 Å². The molecule has 1 aromatic carbocycles. The van der Waals surface area contributed by atoms with Gasteiger partial charge in [-0.15, -0.1) is 0 Å². The molecule has 2 aliphatic rings. The molecule has 0 aliphatic carbocycles. The highest BCUT2D eigenvalue weighted by molar-refractivity contribution is 7.99. The molecule has 3 rings (SSSR count). The summed E-state index contributed by atoms with van der Waals surface area (Å²) < 4.78 is 11.0. The fraction of sp³-hybridized carbons (Fsp3) is 0.611. The molecule has 2 unspecified atom stereocenters. The van der Waals surface area contributed by atoms with Crippen LogP contribution in [0.25, 0.3) is 0 Å². The average Bonchev–Trinajstić information content (AvgIpc) is 3.33. The highest BCUT2D eigenvalue weighted by atomic mass is 32.2. The fourth-order valence-corrected chi connectivity index (χ4v) is 4.63. The number of nitro benzene ring substituents is 1. The summed E-state index contributed by atoms with van der Waals surface area (Å²) in [6.07, 6.45) is 2.97. The molecule has 2 aliphatic heterocycles. The van der Waals surface area contributed by atoms with Gasteiger partial charge < -0.3 is 14.4 Å². The lowest BCUT2D eigenvalue weighted by Crippen LogP contribution is -2.44. The van der Waals surface area contributed by atoms with Crippen LogP contribution in [0.2, 0.25) is 0 Å². The van der Waals surface area contributed by atoms with Crippen molar-refractivity contribution in [2.24, 2.45) is 0 Å². The maximum Gasteiger partial charge on any atom is 0.311 e. The molecule has 26 heavy (non-hydrogen) atoms. The van der Waals surface area contributed by atoms with E-state index >= 15 is 0 Å². The number of rotatable bonds is 7. The number of ether oxygens (including phenoxy) is 2. The van der Waals surface area contributed by atoms with Crippen molar-refractivity contribution in [2.45, 2.75) is 38.3 Å². The van der Waals surface area contributed by atoms with Crippen LogP contribution in [0.5, 0.6) is 5.75 Å². The molecule has 0 spiro atoms. The number of benzene rings is 1. The maximum absolute atomic E-state index is 13.2. The summed E-state index contributed by atoms with van der Waals surface area (Å²) in [5.41, 5.74) is 0.158. The van der Waals surface area contributed by atoms with Gasteiger partial charge in [0.05, 0.1) is 17.6 Å². The largest absolute Gasteiger partial charge is 0.487 e. The quantitative estimate of drug-likeness (QED) is 0.534. The highest BCUT2D eigenvalue weighted by Gasteiger charge is 2.32. The number of thioether (sulfide) groups is 1. The van der Waals surface area contributed by atoms with Crippen LogP contribution in [0.3, 0.4) is 0 Å². The van der Waals surface area contributed by atoms with E-state index in [1.165, 1.54) is 12.1 Å². The summed E-state index contributed by atoms with van der Waals surface area (Å²) in [5.74, 6) is 1.95. The van der Waals surface area contributed by atoms with E-state index in [9.17, 15) is 14.9 Å². The summed E-state index contributed by atoms with van der Waals surface area (Å²) >= 11 is 1.84. The van der Waals surface area contributed by atoms with E-state index in [1.807, 2.05) is 16.7 Å². The number of nitro groups is 1. The lowest BCUT2D eigenvalue weighted by Gasteiger charge is -2.31. The van der Waals surface area contributed by atoms with E-state index in [-0.39, 0.29) is 29.5 Å². The molecule has 8 heteroatoms. The van der Waals surface area contributed by atoms with Gasteiger partial charge in [0.15, 0.2) is 5.75 Å². The minimum Gasteiger partial charge on any atom is -0.487 e. The zero-order valence-corrected chi connectivity index (χ0v) is 15.7. The summed E-state index contributed by atoms with van der Waals surface area (Å²) in [6.45, 7) is 3.38. The molecule has 0 bridgehead atoms. The van der Waals surface area contributed by atoms with Gasteiger partial charge in [-0.25, -0.2) is 0 Å². The Bertz CT molecular complexity index is 657. The number of nitrogens with zero attached hydrogens (tertiary/aromatic N) is 2. The van der Waals surface area contributed by atoms with Crippen molar-refractivity contribution in [3.8, 4) is 5.75 Å². The van der Waals surface area contributed by atoms with Crippen molar-refractivity contribution >= 4 is 23.4 Å². The lowest BCUT2D eigenvalue weighted by atomic mass is 10.1. The van der Waals surface area contributed by atoms with E-state index in [1.54, 1.807) is 13.0 Å². The number of hydrogen-bond acceptors (Lipinski definition) is 6. The van der Waals surface area contributed by atoms with Crippen molar-refractivity contribution in [3.63, 3.8) is 0 Å². The topological polar surface area (TPSA) is 81.9 Å². The third kappa shape index (κ3) is 4.29. The van der Waals surface area contributed by atoms with E-state index in [0.29, 0.717) is 18.7 Å². The van der Waals surface area contributed by atoms with Crippen LogP contribution in [0.1, 0.15) is 36.5 Å². The predicted octanol–water partition coefficient (Wildman–Crippen LogP) is 3.12. The van der Waals surface area contributed by atoms with Crippen LogP contribution < -0.4 is 4.74 Å². The predicted molar refractivity (Wildman–Crippen MR) is 100 cm³/mol. The monoisotopic (exact) mass is 380 g/mol. The molecule has 142 valence electrons. The van der Waals surface area contributed by atoms with Crippen LogP contribution in [0.4, 0.5) is 5.69 Å². The minimum atomic E-state index is -0.502. The first-order valence-corrected chi connectivity index (χ1v) is 10.2. The zero-order chi connectivity index (χ0) is 18.5. The van der Waals surface area contributed by atoms with E-state index in [2.05, 4.69) is 0 Å². The molecular formula is C18H24N2O5S. The Kier molecular flexibility index (Phi) is 6.37. The van der Waals surface area contributed by atoms with Crippen LogP contribution in [-0.2, 0) is 4.74 Å². The van der Waals surface area contributed by atoms with Crippen molar-refractivity contribution in [1.82, 2.24) is 4.90 Å². The van der Waals surface area contributed by atoms with Crippen molar-refractivity contribution in [2.75, 3.05) is 31.3 Å². The Morgan fingerprint density at radius 2 is 2.31 bits per heavy atom. The van der Waals surface area contributed by atoms with Gasteiger partial charge in [0.25, 0.3) is 5.91 Å². The van der Waals surface area contributed by atoms with Gasteiger partial charge in [0.2, 0.25) is 0 Å². The molecule has 1 aromatic rings. The summed E-state index contributed by atoms with van der Waals surface area (Å²) in [4.78, 5) is 25.9. The van der Waals surface area contributed by atoms with Crippen LogP contribution in [0.15, 0.2) is 18.2 Å². The number of amides is 1. The Labute approximate surface area is 157 Å². The Hall–Kier alpha value is -1.80. The third-order valence-corrected chi connectivity index (χ3v) is 5.88. The Morgan fingerprint density at radius 3 is 2.92 bits per heavy atom. The van der Waals surface area contributed by atoms with E-state index < -0.39 is 4.92 Å². The summed E-state index contributed by atoms with van der Waals surface area (Å²) in [6, 6.07) is 4.62. The average molecular weight is 380 g/mol. The molecule has 2 heterocycles. The molecule has 0 N–H and O–H groups in total. The van der Waals surface area contributed by atoms with Gasteiger partial charge in [-0.05, 0) is 44.1 Å². The van der Waals surface area contributed by atoms with E-state index in [0.717, 1.165) is 37.4 Å².